The third-order valence-corrected chi connectivity index (χ3v) is 17.0. The minimum absolute atomic E-state index is 0.0640. The van der Waals surface area contributed by atoms with Gasteiger partial charge in [-0.3, -0.25) is 14.2 Å². The summed E-state index contributed by atoms with van der Waals surface area (Å²) in [5.41, 5.74) is 2.53. The molecule has 2 aromatic heterocycles. The summed E-state index contributed by atoms with van der Waals surface area (Å²) < 4.78 is 104. The van der Waals surface area contributed by atoms with E-state index in [9.17, 15) is 45.0 Å². The monoisotopic (exact) mass is 1060 g/mol. The number of anilines is 3. The first-order valence-corrected chi connectivity index (χ1v) is 27.3. The van der Waals surface area contributed by atoms with Crippen LogP contribution in [-0.2, 0) is 31.3 Å². The first-order valence-electron chi connectivity index (χ1n) is 22.3. The highest BCUT2D eigenvalue weighted by Crippen LogP contribution is 2.37. The average molecular weight is 1060 g/mol. The minimum atomic E-state index is -4.48. The highest BCUT2D eigenvalue weighted by atomic mass is 35.5. The van der Waals surface area contributed by atoms with Crippen LogP contribution in [0.5, 0.6) is 0 Å². The predicted octanol–water partition coefficient (Wildman–Crippen LogP) is 9.16. The summed E-state index contributed by atoms with van der Waals surface area (Å²) in [7, 11) is -8.44. The topological polar surface area (TPSA) is 203 Å². The number of piperidine rings is 2. The van der Waals surface area contributed by atoms with E-state index in [0.717, 1.165) is 11.3 Å². The van der Waals surface area contributed by atoms with Crippen LogP contribution in [0.25, 0.3) is 26.1 Å². The van der Waals surface area contributed by atoms with Gasteiger partial charge in [0.1, 0.15) is 27.4 Å². The van der Waals surface area contributed by atoms with Crippen LogP contribution in [-0.4, -0.2) is 109 Å². The standard InChI is InChI=1S/C47H51ClF3N7O8S4/c1-29(2)24-45(60)12-18-58(19-13-45)43(59)33-6-10-36(11-7-33)56-70(64,65)40-23-34(48)22-38-42(40)54-44(68-38)52-25-31-20-37-41(53-28-67-37)39(21-31)69(62,63)55-35-8-4-32(5-9-35)30(3)57-16-14-46(61,15-17-57)26-66-27-47(49,50)51/h4-11,20-23,28-29,55-56,60-61H,3,12-19,24-27H2,1-2H3,(H,52,54). The van der Waals surface area contributed by atoms with Crippen molar-refractivity contribution < 1.29 is 49.8 Å². The van der Waals surface area contributed by atoms with E-state index >= 15 is 0 Å². The summed E-state index contributed by atoms with van der Waals surface area (Å²) in [6, 6.07) is 18.9. The molecule has 0 atom stereocenters. The normalized spacial score (nSPS) is 16.5. The smallest absolute Gasteiger partial charge is 0.390 e. The molecule has 15 nitrogen and oxygen atoms in total. The van der Waals surface area contributed by atoms with Gasteiger partial charge < -0.3 is 30.1 Å². The summed E-state index contributed by atoms with van der Waals surface area (Å²) in [4.78, 5) is 25.6. The van der Waals surface area contributed by atoms with Crippen LogP contribution in [0.1, 0.15) is 67.4 Å². The van der Waals surface area contributed by atoms with Gasteiger partial charge in [0.15, 0.2) is 5.13 Å². The zero-order valence-corrected chi connectivity index (χ0v) is 42.1. The van der Waals surface area contributed by atoms with E-state index in [0.29, 0.717) is 88.3 Å². The number of aromatic nitrogens is 2. The second-order valence-corrected chi connectivity index (χ2v) is 23.8. The number of sulfonamides is 2. The lowest BCUT2D eigenvalue weighted by molar-refractivity contribution is -0.189. The van der Waals surface area contributed by atoms with E-state index in [1.165, 1.54) is 35.6 Å². The fourth-order valence-electron chi connectivity index (χ4n) is 8.70. The predicted molar refractivity (Wildman–Crippen MR) is 267 cm³/mol. The summed E-state index contributed by atoms with van der Waals surface area (Å²) in [5.74, 6) is 0.129. The van der Waals surface area contributed by atoms with E-state index in [1.807, 2.05) is 4.90 Å². The fraction of sp³-hybridized carbons (Fsp3) is 0.383. The number of likely N-dealkylation sites (tertiary alicyclic amines) is 2. The molecule has 0 saturated carbocycles. The van der Waals surface area contributed by atoms with Gasteiger partial charge in [-0.15, -0.1) is 11.3 Å². The minimum Gasteiger partial charge on any atom is -0.390 e. The van der Waals surface area contributed by atoms with Crippen LogP contribution in [0.3, 0.4) is 0 Å². The maximum absolute atomic E-state index is 14.0. The van der Waals surface area contributed by atoms with E-state index in [-0.39, 0.29) is 62.5 Å². The summed E-state index contributed by atoms with van der Waals surface area (Å²) >= 11 is 8.86. The lowest BCUT2D eigenvalue weighted by Gasteiger charge is -2.40. The van der Waals surface area contributed by atoms with Gasteiger partial charge in [0.25, 0.3) is 26.0 Å². The van der Waals surface area contributed by atoms with Crippen LogP contribution >= 0.6 is 34.3 Å². The Morgan fingerprint density at radius 2 is 1.40 bits per heavy atom. The third-order valence-electron chi connectivity index (χ3n) is 12.2. The Bertz CT molecular complexity index is 3120. The molecule has 2 saturated heterocycles. The van der Waals surface area contributed by atoms with E-state index in [2.05, 4.69) is 45.2 Å². The van der Waals surface area contributed by atoms with Crippen molar-refractivity contribution >= 4 is 103 Å². The van der Waals surface area contributed by atoms with Crippen molar-refractivity contribution in [3.05, 3.63) is 107 Å². The molecule has 2 fully saturated rings. The Labute approximate surface area is 416 Å². The lowest BCUT2D eigenvalue weighted by atomic mass is 9.84. The van der Waals surface area contributed by atoms with Crippen molar-refractivity contribution in [3.63, 3.8) is 0 Å². The molecule has 0 spiro atoms. The quantitative estimate of drug-likeness (QED) is 0.0581. The zero-order chi connectivity index (χ0) is 50.2. The van der Waals surface area contributed by atoms with Crippen LogP contribution < -0.4 is 14.8 Å². The fourth-order valence-corrected chi connectivity index (χ4v) is 13.4. The summed E-state index contributed by atoms with van der Waals surface area (Å²) in [6.07, 6.45) is -2.49. The number of carbonyl (C=O) groups excluding carboxylic acids is 1. The number of benzene rings is 4. The lowest BCUT2D eigenvalue weighted by Crippen LogP contribution is -2.47. The van der Waals surface area contributed by atoms with Gasteiger partial charge in [0.05, 0.1) is 32.7 Å². The van der Waals surface area contributed by atoms with Crippen molar-refractivity contribution in [2.75, 3.05) is 54.2 Å². The van der Waals surface area contributed by atoms with Gasteiger partial charge in [0.2, 0.25) is 0 Å². The number of thiazole rings is 2. The highest BCUT2D eigenvalue weighted by molar-refractivity contribution is 7.93. The van der Waals surface area contributed by atoms with Crippen molar-refractivity contribution in [1.82, 2.24) is 19.8 Å². The number of nitrogens with one attached hydrogen (secondary N) is 3. The largest absolute Gasteiger partial charge is 0.411 e. The third kappa shape index (κ3) is 12.2. The van der Waals surface area contributed by atoms with Crippen molar-refractivity contribution in [3.8, 4) is 0 Å². The number of hydrogen-bond donors (Lipinski definition) is 5. The number of alkyl halides is 3. The summed E-state index contributed by atoms with van der Waals surface area (Å²) in [6.45, 7) is 8.01. The SMILES string of the molecule is C=C(c1ccc(NS(=O)(=O)c2cc(CNc3nc4c(S(=O)(=O)Nc5ccc(C(=O)N6CCC(O)(CC(C)C)CC6)cc5)cc(Cl)cc4s3)cc3scnc23)cc1)N1CCC(O)(COCC(F)(F)F)CC1. The Hall–Kier alpha value is -5.07. The van der Waals surface area contributed by atoms with Gasteiger partial charge in [-0.2, -0.15) is 13.2 Å². The molecule has 0 radical (unpaired) electrons. The molecule has 70 heavy (non-hydrogen) atoms. The number of hydrogen-bond acceptors (Lipinski definition) is 14. The van der Waals surface area contributed by atoms with Crippen molar-refractivity contribution in [2.24, 2.45) is 5.92 Å². The van der Waals surface area contributed by atoms with Gasteiger partial charge in [-0.1, -0.05) is 55.5 Å². The molecule has 0 bridgehead atoms. The molecular formula is C47H51ClF3N7O8S4. The Kier molecular flexibility index (Phi) is 14.8. The molecule has 4 heterocycles. The number of aliphatic hydroxyl groups is 2. The number of nitrogens with zero attached hydrogens (tertiary/aromatic N) is 4. The molecule has 0 unspecified atom stereocenters. The first kappa shape index (κ1) is 51.3. The molecule has 5 N–H and O–H groups in total. The summed E-state index contributed by atoms with van der Waals surface area (Å²) in [5, 5.41) is 25.4. The Morgan fingerprint density at radius 1 is 0.829 bits per heavy atom. The number of amides is 1. The molecule has 8 rings (SSSR count). The van der Waals surface area contributed by atoms with Gasteiger partial charge >= 0.3 is 6.18 Å². The zero-order valence-electron chi connectivity index (χ0n) is 38.1. The number of fused-ring (bicyclic) bond motifs is 2. The van der Waals surface area contributed by atoms with Crippen molar-refractivity contribution in [1.29, 1.82) is 0 Å². The maximum Gasteiger partial charge on any atom is 0.411 e. The van der Waals surface area contributed by atoms with E-state index < -0.39 is 50.6 Å². The van der Waals surface area contributed by atoms with Crippen LogP contribution in [0.15, 0.2) is 94.7 Å². The molecule has 2 aliphatic rings. The van der Waals surface area contributed by atoms with Gasteiger partial charge in [-0.05, 0) is 110 Å². The average Bonchev–Trinajstić information content (AvgIpc) is 3.94. The van der Waals surface area contributed by atoms with Crippen LogP contribution in [0.2, 0.25) is 5.02 Å². The number of carbonyl (C=O) groups is 1. The number of ether oxygens (including phenoxy) is 1. The molecular weight excluding hydrogens is 1010 g/mol. The van der Waals surface area contributed by atoms with Crippen LogP contribution in [0, 0.1) is 5.92 Å². The highest BCUT2D eigenvalue weighted by Gasteiger charge is 2.37. The molecule has 0 aliphatic carbocycles. The Balaban J connectivity index is 0.907. The molecule has 23 heteroatoms. The van der Waals surface area contributed by atoms with E-state index in [4.69, 9.17) is 16.3 Å². The second kappa shape index (κ2) is 20.2. The molecule has 1 amide bonds. The number of halogens is 4. The van der Waals surface area contributed by atoms with Crippen LogP contribution in [0.4, 0.5) is 29.7 Å². The van der Waals surface area contributed by atoms with Crippen molar-refractivity contribution in [2.45, 2.75) is 79.7 Å². The second-order valence-electron chi connectivity index (χ2n) is 18.2. The molecule has 374 valence electrons. The van der Waals surface area contributed by atoms with E-state index in [1.54, 1.807) is 58.9 Å². The molecule has 4 aromatic carbocycles. The molecule has 2 aliphatic heterocycles. The first-order chi connectivity index (χ1) is 33.0. The number of rotatable bonds is 17. The maximum atomic E-state index is 14.0. The molecule has 6 aromatic rings. The van der Waals surface area contributed by atoms with Gasteiger partial charge in [-0.25, -0.2) is 26.8 Å². The Morgan fingerprint density at radius 3 is 2.00 bits per heavy atom. The van der Waals surface area contributed by atoms with Gasteiger partial charge in [0, 0.05) is 60.4 Å².